The quantitative estimate of drug-likeness (QED) is 0.254. The van der Waals surface area contributed by atoms with E-state index in [-0.39, 0.29) is 23.5 Å². The van der Waals surface area contributed by atoms with Crippen LogP contribution >= 0.6 is 0 Å². The number of rotatable bonds is 6. The van der Waals surface area contributed by atoms with Crippen LogP contribution < -0.4 is 5.48 Å². The number of carbonyl (C=O) groups excluding carboxylic acids is 1. The van der Waals surface area contributed by atoms with E-state index in [0.29, 0.717) is 23.3 Å². The summed E-state index contributed by atoms with van der Waals surface area (Å²) >= 11 is 0. The molecule has 0 saturated heterocycles. The minimum Gasteiger partial charge on any atom is -0.493 e. The van der Waals surface area contributed by atoms with Crippen LogP contribution in [-0.2, 0) is 13.1 Å². The normalized spacial score (nSPS) is 11.0. The van der Waals surface area contributed by atoms with Gasteiger partial charge in [-0.25, -0.2) is 14.6 Å². The van der Waals surface area contributed by atoms with Crippen molar-refractivity contribution in [2.75, 3.05) is 0 Å². The Morgan fingerprint density at radius 1 is 1.17 bits per heavy atom. The molecular weight excluding hydrogens is 395 g/mol. The van der Waals surface area contributed by atoms with Crippen molar-refractivity contribution in [1.29, 1.82) is 0 Å². The number of amides is 1. The van der Waals surface area contributed by atoms with Crippen LogP contribution in [-0.4, -0.2) is 35.8 Å². The lowest BCUT2D eigenvalue weighted by atomic mass is 10.1. The van der Waals surface area contributed by atoms with Crippen molar-refractivity contribution in [2.24, 2.45) is 5.18 Å². The third kappa shape index (κ3) is 3.49. The fourth-order valence-electron chi connectivity index (χ4n) is 3.21. The van der Waals surface area contributed by atoms with Crippen molar-refractivity contribution in [3.8, 4) is 5.88 Å². The van der Waals surface area contributed by atoms with E-state index < -0.39 is 11.7 Å². The Hall–Kier alpha value is -4.12. The summed E-state index contributed by atoms with van der Waals surface area (Å²) in [6.07, 6.45) is 1.66. The number of carbonyl (C=O) groups is 1. The third-order valence-corrected chi connectivity index (χ3v) is 4.63. The van der Waals surface area contributed by atoms with Crippen LogP contribution in [0.5, 0.6) is 5.88 Å². The molecule has 0 unspecified atom stereocenters. The molecule has 0 fully saturated rings. The molecule has 4 aromatic rings. The number of hydroxylamine groups is 1. The Morgan fingerprint density at radius 3 is 2.63 bits per heavy atom. The molecule has 4 rings (SSSR count). The first kappa shape index (κ1) is 19.2. The first-order valence-electron chi connectivity index (χ1n) is 8.76. The van der Waals surface area contributed by atoms with Gasteiger partial charge in [-0.2, -0.15) is 0 Å². The van der Waals surface area contributed by atoms with Gasteiger partial charge in [-0.3, -0.25) is 10.0 Å². The SMILES string of the molecule is O=Nc1c(O)n(Cc2cn(Cc3ccc(C(=O)NO)cc3)nn2)c2ccc(F)cc12. The molecule has 0 aliphatic heterocycles. The summed E-state index contributed by atoms with van der Waals surface area (Å²) in [6.45, 7) is 0.470. The first-order valence-corrected chi connectivity index (χ1v) is 8.76. The maximum absolute atomic E-state index is 13.5. The molecule has 0 bridgehead atoms. The average molecular weight is 410 g/mol. The van der Waals surface area contributed by atoms with Gasteiger partial charge in [0, 0.05) is 10.9 Å². The van der Waals surface area contributed by atoms with Crippen molar-refractivity contribution in [1.82, 2.24) is 25.0 Å². The predicted octanol–water partition coefficient (Wildman–Crippen LogP) is 2.69. The number of aromatic hydroxyl groups is 1. The van der Waals surface area contributed by atoms with Gasteiger partial charge in [0.1, 0.15) is 11.5 Å². The first-order chi connectivity index (χ1) is 14.5. The molecule has 3 N–H and O–H groups in total. The van der Waals surface area contributed by atoms with E-state index in [9.17, 15) is 19.2 Å². The number of nitroso groups, excluding NO2 is 1. The number of fused-ring (bicyclic) bond motifs is 1. The van der Waals surface area contributed by atoms with E-state index in [1.54, 1.807) is 40.6 Å². The lowest BCUT2D eigenvalue weighted by molar-refractivity contribution is 0.0706. The Balaban J connectivity index is 1.56. The highest BCUT2D eigenvalue weighted by molar-refractivity contribution is 5.95. The molecule has 0 saturated carbocycles. The van der Waals surface area contributed by atoms with E-state index in [0.717, 1.165) is 11.6 Å². The summed E-state index contributed by atoms with van der Waals surface area (Å²) < 4.78 is 16.5. The van der Waals surface area contributed by atoms with Crippen LogP contribution in [0.4, 0.5) is 10.1 Å². The van der Waals surface area contributed by atoms with Crippen molar-refractivity contribution in [3.05, 3.63) is 76.2 Å². The van der Waals surface area contributed by atoms with E-state index in [4.69, 9.17) is 5.21 Å². The monoisotopic (exact) mass is 410 g/mol. The smallest absolute Gasteiger partial charge is 0.274 e. The summed E-state index contributed by atoms with van der Waals surface area (Å²) in [5.74, 6) is -1.52. The van der Waals surface area contributed by atoms with Gasteiger partial charge in [0.25, 0.3) is 5.91 Å². The standard InChI is InChI=1S/C19H15FN6O4/c20-13-5-6-16-15(7-13)17(22-29)19(28)26(16)10-14-9-25(24-21-14)8-11-1-3-12(4-2-11)18(27)23-30/h1-7,9,28,30H,8,10H2,(H,23,27). The number of halogens is 1. The van der Waals surface area contributed by atoms with Crippen molar-refractivity contribution in [2.45, 2.75) is 13.1 Å². The van der Waals surface area contributed by atoms with Crippen LogP contribution in [0, 0.1) is 10.7 Å². The molecule has 0 aliphatic rings. The molecule has 2 aromatic heterocycles. The van der Waals surface area contributed by atoms with Crippen molar-refractivity contribution >= 4 is 22.5 Å². The minimum absolute atomic E-state index is 0.0963. The molecule has 0 radical (unpaired) electrons. The fourth-order valence-corrected chi connectivity index (χ4v) is 3.21. The van der Waals surface area contributed by atoms with Crippen LogP contribution in [0.25, 0.3) is 10.9 Å². The highest BCUT2D eigenvalue weighted by atomic mass is 19.1. The zero-order valence-electron chi connectivity index (χ0n) is 15.4. The van der Waals surface area contributed by atoms with Gasteiger partial charge in [0.2, 0.25) is 5.88 Å². The number of hydrogen-bond acceptors (Lipinski definition) is 7. The number of benzene rings is 2. The second-order valence-corrected chi connectivity index (χ2v) is 6.56. The lowest BCUT2D eigenvalue weighted by Crippen LogP contribution is -2.18. The van der Waals surface area contributed by atoms with E-state index >= 15 is 0 Å². The van der Waals surface area contributed by atoms with Gasteiger partial charge in [-0.05, 0) is 41.1 Å². The number of hydrogen-bond donors (Lipinski definition) is 3. The maximum atomic E-state index is 13.5. The van der Waals surface area contributed by atoms with Gasteiger partial charge < -0.3 is 9.67 Å². The minimum atomic E-state index is -0.604. The molecule has 0 atom stereocenters. The Kier molecular flexibility index (Phi) is 4.94. The maximum Gasteiger partial charge on any atom is 0.274 e. The van der Waals surface area contributed by atoms with E-state index in [2.05, 4.69) is 15.5 Å². The number of nitrogens with zero attached hydrogens (tertiary/aromatic N) is 5. The fraction of sp³-hybridized carbons (Fsp3) is 0.105. The zero-order chi connectivity index (χ0) is 21.3. The third-order valence-electron chi connectivity index (χ3n) is 4.63. The molecule has 2 aromatic carbocycles. The summed E-state index contributed by atoms with van der Waals surface area (Å²) in [5.41, 5.74) is 3.43. The Morgan fingerprint density at radius 2 is 1.93 bits per heavy atom. The Labute approximate surface area is 168 Å². The topological polar surface area (TPSA) is 135 Å². The molecule has 2 heterocycles. The summed E-state index contributed by atoms with van der Waals surface area (Å²) in [5, 5.41) is 30.1. The summed E-state index contributed by atoms with van der Waals surface area (Å²) in [7, 11) is 0. The van der Waals surface area contributed by atoms with Crippen molar-refractivity contribution in [3.63, 3.8) is 0 Å². The van der Waals surface area contributed by atoms with Crippen molar-refractivity contribution < 1.29 is 19.5 Å². The summed E-state index contributed by atoms with van der Waals surface area (Å²) in [4.78, 5) is 22.5. The lowest BCUT2D eigenvalue weighted by Gasteiger charge is -2.04. The molecule has 152 valence electrons. The molecule has 0 aliphatic carbocycles. The van der Waals surface area contributed by atoms with Gasteiger partial charge in [-0.15, -0.1) is 10.0 Å². The summed E-state index contributed by atoms with van der Waals surface area (Å²) in [6, 6.07) is 10.4. The molecule has 11 heteroatoms. The van der Waals surface area contributed by atoms with Crippen LogP contribution in [0.15, 0.2) is 53.8 Å². The van der Waals surface area contributed by atoms with Crippen LogP contribution in [0.3, 0.4) is 0 Å². The number of aromatic nitrogens is 4. The van der Waals surface area contributed by atoms with E-state index in [1.807, 2.05) is 0 Å². The van der Waals surface area contributed by atoms with Gasteiger partial charge >= 0.3 is 0 Å². The second-order valence-electron chi connectivity index (χ2n) is 6.56. The highest BCUT2D eigenvalue weighted by Gasteiger charge is 2.19. The van der Waals surface area contributed by atoms with Crippen LogP contribution in [0.2, 0.25) is 0 Å². The largest absolute Gasteiger partial charge is 0.493 e. The van der Waals surface area contributed by atoms with Gasteiger partial charge in [-0.1, -0.05) is 17.3 Å². The molecule has 10 nitrogen and oxygen atoms in total. The van der Waals surface area contributed by atoms with E-state index in [1.165, 1.54) is 16.7 Å². The molecular formula is C19H15FN6O4. The van der Waals surface area contributed by atoms with Crippen LogP contribution in [0.1, 0.15) is 21.6 Å². The average Bonchev–Trinajstić information content (AvgIpc) is 3.29. The molecule has 0 spiro atoms. The van der Waals surface area contributed by atoms with Gasteiger partial charge in [0.15, 0.2) is 5.69 Å². The van der Waals surface area contributed by atoms with Gasteiger partial charge in [0.05, 0.1) is 24.8 Å². The number of nitrogens with one attached hydrogen (secondary N) is 1. The predicted molar refractivity (Wildman–Crippen MR) is 103 cm³/mol. The highest BCUT2D eigenvalue weighted by Crippen LogP contribution is 2.39. The zero-order valence-corrected chi connectivity index (χ0v) is 15.4. The second kappa shape index (κ2) is 7.72. The molecule has 30 heavy (non-hydrogen) atoms. The Bertz CT molecular complexity index is 1250. The molecule has 1 amide bonds.